The first kappa shape index (κ1) is 27.8. The van der Waals surface area contributed by atoms with E-state index in [-0.39, 0.29) is 31.1 Å². The summed E-state index contributed by atoms with van der Waals surface area (Å²) in [6, 6.07) is 17.2. The van der Waals surface area contributed by atoms with Crippen molar-refractivity contribution in [3.8, 4) is 5.75 Å². The van der Waals surface area contributed by atoms with Gasteiger partial charge in [0.2, 0.25) is 0 Å². The second kappa shape index (κ2) is 12.1. The largest absolute Gasteiger partial charge is 0.460 e. The highest BCUT2D eigenvalue weighted by molar-refractivity contribution is 8.00. The maximum absolute atomic E-state index is 15.1. The fourth-order valence-corrected chi connectivity index (χ4v) is 7.07. The molecule has 1 aliphatic rings. The van der Waals surface area contributed by atoms with Gasteiger partial charge in [-0.1, -0.05) is 48.5 Å². The Labute approximate surface area is 223 Å². The molecular formula is C25H28FN4O6PS. The standard InChI is InChI=1S/C25H28FN4O6PS/c1-17(24(31)35-16-18-8-4-2-5-9-18)30(37(33,34)36-19-10-6-3-7-11-19)15-20-14-21(26)23(38-20)29-13-12-22(27)28-25(29)32/h2-13,17,20-21,23H,14-16H2,1H3,(H,33,34)(H2,27,28,32)/t17-,20-,21-,23+/m0/s1. The predicted octanol–water partition coefficient (Wildman–Crippen LogP) is 3.78. The van der Waals surface area contributed by atoms with Crippen LogP contribution in [0.5, 0.6) is 5.75 Å². The van der Waals surface area contributed by atoms with Crippen LogP contribution in [0, 0.1) is 0 Å². The Morgan fingerprint density at radius 3 is 2.55 bits per heavy atom. The molecule has 5 atom stereocenters. The molecule has 202 valence electrons. The lowest BCUT2D eigenvalue weighted by molar-refractivity contribution is -0.149. The summed E-state index contributed by atoms with van der Waals surface area (Å²) in [5.41, 5.74) is 5.60. The number of carbonyl (C=O) groups is 1. The maximum atomic E-state index is 15.1. The van der Waals surface area contributed by atoms with Gasteiger partial charge in [-0.25, -0.2) is 13.8 Å². The van der Waals surface area contributed by atoms with Gasteiger partial charge in [0.05, 0.1) is 0 Å². The van der Waals surface area contributed by atoms with E-state index < -0.39 is 42.2 Å². The molecule has 0 amide bonds. The Kier molecular flexibility index (Phi) is 8.88. The van der Waals surface area contributed by atoms with Crippen molar-refractivity contribution in [1.82, 2.24) is 14.2 Å². The van der Waals surface area contributed by atoms with E-state index in [1.165, 1.54) is 31.3 Å². The number of para-hydroxylation sites is 1. The number of nitrogens with two attached hydrogens (primary N) is 1. The number of esters is 1. The fraction of sp³-hybridized carbons (Fsp3) is 0.320. The number of benzene rings is 2. The number of anilines is 1. The van der Waals surface area contributed by atoms with Crippen LogP contribution in [-0.2, 0) is 20.7 Å². The number of thioether (sulfide) groups is 1. The van der Waals surface area contributed by atoms with Crippen LogP contribution in [-0.4, -0.2) is 49.1 Å². The summed E-state index contributed by atoms with van der Waals surface area (Å²) in [5.74, 6) is -0.586. The number of hydrogen-bond acceptors (Lipinski definition) is 8. The number of hydrogen-bond donors (Lipinski definition) is 2. The Bertz CT molecular complexity index is 1350. The highest BCUT2D eigenvalue weighted by Gasteiger charge is 2.44. The Morgan fingerprint density at radius 1 is 1.24 bits per heavy atom. The van der Waals surface area contributed by atoms with Crippen LogP contribution >= 0.6 is 19.5 Å². The third-order valence-corrected chi connectivity index (χ3v) is 9.09. The van der Waals surface area contributed by atoms with Gasteiger partial charge in [0, 0.05) is 18.0 Å². The molecule has 1 aliphatic heterocycles. The summed E-state index contributed by atoms with van der Waals surface area (Å²) in [6.07, 6.45) is -0.100. The van der Waals surface area contributed by atoms with Gasteiger partial charge < -0.3 is 19.9 Å². The van der Waals surface area contributed by atoms with Crippen LogP contribution in [0.2, 0.25) is 0 Å². The minimum absolute atomic E-state index is 0.0208. The number of aromatic nitrogens is 2. The molecule has 0 radical (unpaired) electrons. The maximum Gasteiger partial charge on any atom is 0.459 e. The molecule has 3 N–H and O–H groups in total. The SMILES string of the molecule is C[C@@H](C(=O)OCc1ccccc1)N(C[C@@H]1C[C@H](F)[C@H](n2ccc(N)nc2=O)S1)P(=O)(O)Oc1ccccc1. The zero-order chi connectivity index (χ0) is 27.3. The van der Waals surface area contributed by atoms with Crippen LogP contribution in [0.4, 0.5) is 10.2 Å². The van der Waals surface area contributed by atoms with Crippen LogP contribution in [0.15, 0.2) is 77.7 Å². The van der Waals surface area contributed by atoms with Gasteiger partial charge in [-0.2, -0.15) is 9.65 Å². The molecule has 0 bridgehead atoms. The normalized spacial score (nSPS) is 21.5. The minimum atomic E-state index is -4.61. The fourth-order valence-electron chi connectivity index (χ4n) is 4.01. The van der Waals surface area contributed by atoms with E-state index in [1.807, 2.05) is 6.07 Å². The molecule has 0 aliphatic carbocycles. The highest BCUT2D eigenvalue weighted by atomic mass is 32.2. The number of halogens is 1. The topological polar surface area (TPSA) is 137 Å². The summed E-state index contributed by atoms with van der Waals surface area (Å²) in [7, 11) is -4.61. The van der Waals surface area contributed by atoms with Crippen LogP contribution in [0.1, 0.15) is 24.3 Å². The van der Waals surface area contributed by atoms with Gasteiger partial charge in [0.1, 0.15) is 35.8 Å². The molecule has 1 fully saturated rings. The number of ether oxygens (including phenoxy) is 1. The minimum Gasteiger partial charge on any atom is -0.460 e. The van der Waals surface area contributed by atoms with E-state index >= 15 is 4.39 Å². The summed E-state index contributed by atoms with van der Waals surface area (Å²) >= 11 is 1.11. The summed E-state index contributed by atoms with van der Waals surface area (Å²) < 4.78 is 41.5. The number of nitrogen functional groups attached to an aromatic ring is 1. The summed E-state index contributed by atoms with van der Waals surface area (Å²) in [6.45, 7) is 1.23. The van der Waals surface area contributed by atoms with Crippen LogP contribution < -0.4 is 15.9 Å². The van der Waals surface area contributed by atoms with E-state index in [9.17, 15) is 19.0 Å². The van der Waals surface area contributed by atoms with E-state index in [2.05, 4.69) is 4.98 Å². The molecule has 38 heavy (non-hydrogen) atoms. The first-order valence-electron chi connectivity index (χ1n) is 11.8. The number of nitrogens with zero attached hydrogens (tertiary/aromatic N) is 3. The molecule has 2 aromatic carbocycles. The van der Waals surface area contributed by atoms with Crippen molar-refractivity contribution < 1.29 is 27.9 Å². The van der Waals surface area contributed by atoms with Gasteiger partial charge in [-0.15, -0.1) is 11.8 Å². The lowest BCUT2D eigenvalue weighted by Gasteiger charge is -2.32. The molecular weight excluding hydrogens is 534 g/mol. The zero-order valence-electron chi connectivity index (χ0n) is 20.5. The summed E-state index contributed by atoms with van der Waals surface area (Å²) in [5, 5.41) is -1.46. The zero-order valence-corrected chi connectivity index (χ0v) is 22.2. The van der Waals surface area contributed by atoms with Crippen molar-refractivity contribution >= 4 is 31.3 Å². The molecule has 10 nitrogen and oxygen atoms in total. The molecule has 0 saturated carbocycles. The number of carbonyl (C=O) groups excluding carboxylic acids is 1. The molecule has 4 rings (SSSR count). The van der Waals surface area contributed by atoms with Gasteiger partial charge in [-0.3, -0.25) is 9.36 Å². The average Bonchev–Trinajstić information content (AvgIpc) is 3.26. The van der Waals surface area contributed by atoms with Crippen molar-refractivity contribution in [2.24, 2.45) is 0 Å². The Morgan fingerprint density at radius 2 is 1.89 bits per heavy atom. The van der Waals surface area contributed by atoms with Crippen molar-refractivity contribution in [1.29, 1.82) is 0 Å². The van der Waals surface area contributed by atoms with Crippen molar-refractivity contribution in [3.63, 3.8) is 0 Å². The molecule has 1 aromatic heterocycles. The Balaban J connectivity index is 1.53. The van der Waals surface area contributed by atoms with Gasteiger partial charge in [0.15, 0.2) is 0 Å². The van der Waals surface area contributed by atoms with Gasteiger partial charge in [0.25, 0.3) is 0 Å². The lowest BCUT2D eigenvalue weighted by atomic mass is 10.2. The molecule has 13 heteroatoms. The van der Waals surface area contributed by atoms with E-state index in [4.69, 9.17) is 15.0 Å². The predicted molar refractivity (Wildman–Crippen MR) is 142 cm³/mol. The first-order chi connectivity index (χ1) is 18.1. The van der Waals surface area contributed by atoms with Crippen LogP contribution in [0.25, 0.3) is 0 Å². The van der Waals surface area contributed by atoms with E-state index in [0.717, 1.165) is 26.6 Å². The van der Waals surface area contributed by atoms with Crippen LogP contribution in [0.3, 0.4) is 0 Å². The van der Waals surface area contributed by atoms with Crippen molar-refractivity contribution in [2.45, 2.75) is 42.8 Å². The summed E-state index contributed by atoms with van der Waals surface area (Å²) in [4.78, 5) is 39.9. The molecule has 2 heterocycles. The third-order valence-electron chi connectivity index (χ3n) is 5.95. The van der Waals surface area contributed by atoms with Crippen molar-refractivity contribution in [2.75, 3.05) is 12.3 Å². The monoisotopic (exact) mass is 562 g/mol. The Hall–Kier alpha value is -3.18. The molecule has 1 saturated heterocycles. The first-order valence-corrected chi connectivity index (χ1v) is 14.3. The van der Waals surface area contributed by atoms with E-state index in [1.54, 1.807) is 42.5 Å². The molecule has 1 unspecified atom stereocenters. The quantitative estimate of drug-likeness (QED) is 0.277. The second-order valence-electron chi connectivity index (χ2n) is 8.73. The average molecular weight is 563 g/mol. The molecule has 0 spiro atoms. The second-order valence-corrected chi connectivity index (χ2v) is 11.8. The smallest absolute Gasteiger partial charge is 0.459 e. The lowest BCUT2D eigenvalue weighted by Crippen LogP contribution is -2.42. The molecule has 3 aromatic rings. The van der Waals surface area contributed by atoms with Gasteiger partial charge in [-0.05, 0) is 37.1 Å². The highest BCUT2D eigenvalue weighted by Crippen LogP contribution is 2.51. The number of rotatable bonds is 10. The number of alkyl halides is 1. The van der Waals surface area contributed by atoms with E-state index in [0.29, 0.717) is 0 Å². The van der Waals surface area contributed by atoms with Crippen molar-refractivity contribution in [3.05, 3.63) is 89.0 Å². The third kappa shape index (κ3) is 6.82. The van der Waals surface area contributed by atoms with Gasteiger partial charge >= 0.3 is 19.4 Å².